The largest absolute Gasteiger partial charge is 0.388 e. The number of rotatable bonds is 4. The molecule has 1 saturated heterocycles. The Morgan fingerprint density at radius 3 is 2.42 bits per heavy atom. The van der Waals surface area contributed by atoms with E-state index in [9.17, 15) is 15.3 Å². The molecule has 1 fully saturated rings. The summed E-state index contributed by atoms with van der Waals surface area (Å²) in [6, 6.07) is 10.0. The Morgan fingerprint density at radius 2 is 1.74 bits per heavy atom. The van der Waals surface area contributed by atoms with Crippen molar-refractivity contribution in [1.29, 1.82) is 0 Å². The Morgan fingerprint density at radius 1 is 1.05 bits per heavy atom. The van der Waals surface area contributed by atoms with Crippen molar-refractivity contribution in [3.63, 3.8) is 0 Å². The van der Waals surface area contributed by atoms with E-state index in [1.807, 2.05) is 35.6 Å². The van der Waals surface area contributed by atoms with Gasteiger partial charge in [0.2, 0.25) is 6.23 Å². The summed E-state index contributed by atoms with van der Waals surface area (Å²) >= 11 is 0. The molecule has 5 unspecified atom stereocenters. The number of benzene rings is 1. The number of ether oxygens (including phenoxy) is 1. The van der Waals surface area contributed by atoms with Crippen LogP contribution in [-0.2, 0) is 11.2 Å². The van der Waals surface area contributed by atoms with E-state index in [2.05, 4.69) is 0 Å². The summed E-state index contributed by atoms with van der Waals surface area (Å²) in [6.45, 7) is 2.44. The number of hydrogen-bond donors (Lipinski definition) is 4. The summed E-state index contributed by atoms with van der Waals surface area (Å²) in [7, 11) is 0. The molecule has 0 bridgehead atoms. The van der Waals surface area contributed by atoms with Gasteiger partial charge in [-0.25, -0.2) is 0 Å². The van der Waals surface area contributed by atoms with Crippen molar-refractivity contribution >= 4 is 0 Å². The third kappa shape index (κ3) is 3.52. The van der Waals surface area contributed by atoms with Gasteiger partial charge >= 0.3 is 0 Å². The zero-order valence-corrected chi connectivity index (χ0v) is 11.0. The lowest BCUT2D eigenvalue weighted by atomic mass is 9.99. The van der Waals surface area contributed by atoms with E-state index in [1.54, 1.807) is 6.92 Å². The maximum atomic E-state index is 9.86. The molecule has 0 aromatic heterocycles. The second-order valence-electron chi connectivity index (χ2n) is 5.04. The fourth-order valence-corrected chi connectivity index (χ4v) is 2.34. The molecule has 1 heterocycles. The molecular weight excluding hydrogens is 246 g/mol. The molecule has 106 valence electrons. The van der Waals surface area contributed by atoms with E-state index >= 15 is 0 Å². The molecule has 1 aromatic carbocycles. The summed E-state index contributed by atoms with van der Waals surface area (Å²) in [6.07, 6.45) is -3.40. The van der Waals surface area contributed by atoms with Gasteiger partial charge in [0.15, 0.2) is 6.10 Å². The molecule has 0 radical (unpaired) electrons. The van der Waals surface area contributed by atoms with Crippen molar-refractivity contribution in [2.24, 2.45) is 0 Å². The molecule has 5 heteroatoms. The third-order valence-corrected chi connectivity index (χ3v) is 3.56. The minimum Gasteiger partial charge on any atom is -0.388 e. The molecule has 5 nitrogen and oxygen atoms in total. The van der Waals surface area contributed by atoms with Gasteiger partial charge in [0.05, 0.1) is 12.6 Å². The van der Waals surface area contributed by atoms with Gasteiger partial charge in [-0.3, -0.25) is 0 Å². The smallest absolute Gasteiger partial charge is 0.219 e. The van der Waals surface area contributed by atoms with Crippen molar-refractivity contribution in [1.82, 2.24) is 0 Å². The Bertz CT molecular complexity index is 386. The molecule has 0 amide bonds. The minimum absolute atomic E-state index is 0.476. The first-order valence-corrected chi connectivity index (χ1v) is 6.66. The molecule has 5 N–H and O–H groups in total. The lowest BCUT2D eigenvalue weighted by Gasteiger charge is -2.37. The molecule has 5 atom stereocenters. The Labute approximate surface area is 112 Å². The molecule has 1 aromatic rings. The predicted octanol–water partition coefficient (Wildman–Crippen LogP) is -1.38. The van der Waals surface area contributed by atoms with E-state index in [4.69, 9.17) is 4.74 Å². The van der Waals surface area contributed by atoms with Crippen LogP contribution in [0.25, 0.3) is 0 Å². The number of nitrogens with two attached hydrogens (primary N) is 1. The molecular formula is C14H22NO4+. The van der Waals surface area contributed by atoms with Crippen LogP contribution >= 0.6 is 0 Å². The SMILES string of the molecule is CC1OC([NH2+]CCc2ccccc2)C(O)C(O)C1O. The monoisotopic (exact) mass is 268 g/mol. The molecule has 2 rings (SSSR count). The first-order chi connectivity index (χ1) is 9.09. The lowest BCUT2D eigenvalue weighted by Crippen LogP contribution is -2.95. The molecule has 1 aliphatic heterocycles. The molecule has 19 heavy (non-hydrogen) atoms. The highest BCUT2D eigenvalue weighted by molar-refractivity contribution is 5.14. The Hall–Kier alpha value is -0.980. The van der Waals surface area contributed by atoms with Gasteiger partial charge in [0.25, 0.3) is 0 Å². The van der Waals surface area contributed by atoms with Crippen LogP contribution in [0.5, 0.6) is 0 Å². The predicted molar refractivity (Wildman–Crippen MR) is 69.3 cm³/mol. The zero-order chi connectivity index (χ0) is 13.8. The van der Waals surface area contributed by atoms with Crippen LogP contribution in [0.3, 0.4) is 0 Å². The summed E-state index contributed by atoms with van der Waals surface area (Å²) in [5.41, 5.74) is 1.22. The van der Waals surface area contributed by atoms with Gasteiger partial charge in [-0.2, -0.15) is 0 Å². The highest BCUT2D eigenvalue weighted by Gasteiger charge is 2.43. The van der Waals surface area contributed by atoms with Crippen LogP contribution in [0.2, 0.25) is 0 Å². The fourth-order valence-electron chi connectivity index (χ4n) is 2.34. The van der Waals surface area contributed by atoms with Crippen LogP contribution in [0.4, 0.5) is 0 Å². The summed E-state index contributed by atoms with van der Waals surface area (Å²) in [5.74, 6) is 0. The van der Waals surface area contributed by atoms with E-state index in [0.29, 0.717) is 0 Å². The third-order valence-electron chi connectivity index (χ3n) is 3.56. The lowest BCUT2D eigenvalue weighted by molar-refractivity contribution is -0.742. The minimum atomic E-state index is -1.15. The van der Waals surface area contributed by atoms with Crippen molar-refractivity contribution in [3.05, 3.63) is 35.9 Å². The van der Waals surface area contributed by atoms with Crippen LogP contribution < -0.4 is 5.32 Å². The van der Waals surface area contributed by atoms with E-state index in [-0.39, 0.29) is 0 Å². The van der Waals surface area contributed by atoms with Crippen LogP contribution in [0, 0.1) is 0 Å². The van der Waals surface area contributed by atoms with Gasteiger partial charge in [0, 0.05) is 6.42 Å². The number of quaternary nitrogens is 1. The van der Waals surface area contributed by atoms with Gasteiger partial charge in [-0.15, -0.1) is 0 Å². The quantitative estimate of drug-likeness (QED) is 0.542. The Balaban J connectivity index is 1.82. The average Bonchev–Trinajstić information content (AvgIpc) is 2.43. The van der Waals surface area contributed by atoms with Gasteiger partial charge < -0.3 is 25.4 Å². The average molecular weight is 268 g/mol. The normalized spacial score (nSPS) is 35.3. The first kappa shape index (κ1) is 14.4. The van der Waals surface area contributed by atoms with Crippen LogP contribution in [-0.4, -0.2) is 52.5 Å². The molecule has 1 aliphatic rings. The number of aliphatic hydroxyl groups excluding tert-OH is 3. The summed E-state index contributed by atoms with van der Waals surface area (Å²) in [4.78, 5) is 0. The van der Waals surface area contributed by atoms with Gasteiger partial charge in [-0.05, 0) is 12.5 Å². The van der Waals surface area contributed by atoms with Crippen molar-refractivity contribution in [2.45, 2.75) is 44.0 Å². The highest BCUT2D eigenvalue weighted by atomic mass is 16.5. The fraction of sp³-hybridized carbons (Fsp3) is 0.571. The molecule has 0 aliphatic carbocycles. The second kappa shape index (κ2) is 6.45. The van der Waals surface area contributed by atoms with E-state index in [0.717, 1.165) is 13.0 Å². The summed E-state index contributed by atoms with van der Waals surface area (Å²) < 4.78 is 5.50. The number of hydrogen-bond acceptors (Lipinski definition) is 4. The second-order valence-corrected chi connectivity index (χ2v) is 5.04. The molecule has 0 saturated carbocycles. The van der Waals surface area contributed by atoms with Gasteiger partial charge in [0.1, 0.15) is 12.2 Å². The first-order valence-electron chi connectivity index (χ1n) is 6.66. The number of aliphatic hydroxyl groups is 3. The standard InChI is InChI=1S/C14H21NO4/c1-9-11(16)12(17)13(18)14(19-9)15-8-7-10-5-3-2-4-6-10/h2-6,9,11-18H,7-8H2,1H3/p+1. The van der Waals surface area contributed by atoms with Gasteiger partial charge in [-0.1, -0.05) is 30.3 Å². The van der Waals surface area contributed by atoms with Crippen LogP contribution in [0.15, 0.2) is 30.3 Å². The van der Waals surface area contributed by atoms with Crippen molar-refractivity contribution in [3.8, 4) is 0 Å². The maximum Gasteiger partial charge on any atom is 0.219 e. The Kier molecular flexibility index (Phi) is 4.90. The maximum absolute atomic E-state index is 9.86. The van der Waals surface area contributed by atoms with E-state index < -0.39 is 30.6 Å². The van der Waals surface area contributed by atoms with Crippen LogP contribution in [0.1, 0.15) is 12.5 Å². The van der Waals surface area contributed by atoms with E-state index in [1.165, 1.54) is 5.56 Å². The molecule has 0 spiro atoms. The van der Waals surface area contributed by atoms with Crippen molar-refractivity contribution < 1.29 is 25.4 Å². The van der Waals surface area contributed by atoms with Crippen molar-refractivity contribution in [2.75, 3.05) is 6.54 Å². The summed E-state index contributed by atoms with van der Waals surface area (Å²) in [5, 5.41) is 31.0. The zero-order valence-electron chi connectivity index (χ0n) is 11.0. The topological polar surface area (TPSA) is 86.5 Å². The highest BCUT2D eigenvalue weighted by Crippen LogP contribution is 2.17.